The number of ether oxygens (including phenoxy) is 4. The van der Waals surface area contributed by atoms with E-state index in [1.165, 1.54) is 63.8 Å². The predicted molar refractivity (Wildman–Crippen MR) is 261 cm³/mol. The molecule has 387 valence electrons. The number of nitrogen functional groups attached to an aromatic ring is 1. The van der Waals surface area contributed by atoms with Crippen LogP contribution in [0.25, 0.3) is 27.5 Å². The van der Waals surface area contributed by atoms with Gasteiger partial charge in [0.05, 0.1) is 38.3 Å². The van der Waals surface area contributed by atoms with Crippen molar-refractivity contribution in [1.29, 1.82) is 0 Å². The van der Waals surface area contributed by atoms with E-state index in [2.05, 4.69) is 55.6 Å². The van der Waals surface area contributed by atoms with E-state index in [9.17, 15) is 36.2 Å². The summed E-state index contributed by atoms with van der Waals surface area (Å²) in [5.41, 5.74) is 6.18. The first-order valence-corrected chi connectivity index (χ1v) is 24.1. The molecule has 0 aliphatic carbocycles. The average Bonchev–Trinajstić information content (AvgIpc) is 3.80. The van der Waals surface area contributed by atoms with E-state index >= 15 is 0 Å². The summed E-state index contributed by atoms with van der Waals surface area (Å²) in [5.74, 6) is 0.00648. The van der Waals surface area contributed by atoms with Gasteiger partial charge in [-0.3, -0.25) is 9.11 Å². The standard InChI is InChI=1S/C44H37N11O15S3.Cu/c1-65-37-18-30(47-52-43-40(71-70-69-58)15-23-14-25(10-13-27(23)44(43)57)46-22-68-26-11-8-24(45)9-12-26)36(56)17-31(37)48-49-32-19-39(67-3)33(20-38(32)66-2)50-51-34-16-28-29(21-42(34)73(62,63)64)54-55(53-28)35-6-4-5-7-41(35)72(59,60)61;/h4-21,46,56-58H,22,45H2,1-3H3,(H,59,60,61)(H,62,63,64);. The van der Waals surface area contributed by atoms with E-state index in [0.717, 1.165) is 23.0 Å². The maximum Gasteiger partial charge on any atom is 0.296 e. The summed E-state index contributed by atoms with van der Waals surface area (Å²) in [6.45, 7) is 0.112. The number of nitrogens with zero attached hydrogens (tertiary/aromatic N) is 9. The van der Waals surface area contributed by atoms with Crippen LogP contribution >= 0.6 is 12.0 Å². The summed E-state index contributed by atoms with van der Waals surface area (Å²) in [5, 5.41) is 72.5. The average molecular weight is 1120 g/mol. The molecule has 0 bridgehead atoms. The fourth-order valence-electron chi connectivity index (χ4n) is 6.82. The van der Waals surface area contributed by atoms with E-state index in [-0.39, 0.29) is 96.9 Å². The zero-order valence-corrected chi connectivity index (χ0v) is 41.4. The predicted octanol–water partition coefficient (Wildman–Crippen LogP) is 10.2. The third kappa shape index (κ3) is 12.1. The summed E-state index contributed by atoms with van der Waals surface area (Å²) in [6, 6.07) is 26.1. The maximum absolute atomic E-state index is 12.5. The fourth-order valence-corrected chi connectivity index (χ4v) is 8.60. The van der Waals surface area contributed by atoms with Crippen molar-refractivity contribution >= 4 is 99.6 Å². The number of aromatic hydroxyl groups is 2. The number of anilines is 2. The first-order valence-electron chi connectivity index (χ1n) is 20.5. The molecule has 1 radical (unpaired) electrons. The number of azo groups is 3. The Morgan fingerprint density at radius 1 is 0.662 bits per heavy atom. The van der Waals surface area contributed by atoms with Crippen molar-refractivity contribution in [3.05, 3.63) is 109 Å². The van der Waals surface area contributed by atoms with Crippen LogP contribution in [0.1, 0.15) is 0 Å². The van der Waals surface area contributed by atoms with Gasteiger partial charge in [-0.1, -0.05) is 17.2 Å². The number of benzene rings is 7. The van der Waals surface area contributed by atoms with Crippen molar-refractivity contribution < 1.29 is 86.8 Å². The molecule has 0 spiro atoms. The molecule has 0 saturated carbocycles. The van der Waals surface area contributed by atoms with E-state index < -0.39 is 41.5 Å². The Bertz CT molecular complexity index is 3740. The molecule has 8 aromatic rings. The number of nitrogens with two attached hydrogens (primary N) is 1. The molecule has 0 amide bonds. The van der Waals surface area contributed by atoms with Crippen molar-refractivity contribution in [1.82, 2.24) is 15.0 Å². The van der Waals surface area contributed by atoms with Gasteiger partial charge in [0.25, 0.3) is 20.2 Å². The number of rotatable bonds is 19. The minimum Gasteiger partial charge on any atom is -0.506 e. The Hall–Kier alpha value is -8.03. The first kappa shape index (κ1) is 53.8. The number of hydrogen-bond donors (Lipinski definition) is 7. The van der Waals surface area contributed by atoms with Crippen LogP contribution in [-0.4, -0.2) is 84.5 Å². The summed E-state index contributed by atoms with van der Waals surface area (Å²) >= 11 is 0.520. The quantitative estimate of drug-likeness (QED) is 0.00578. The molecule has 0 saturated heterocycles. The smallest absolute Gasteiger partial charge is 0.296 e. The zero-order valence-electron chi connectivity index (χ0n) is 38.0. The second-order valence-corrected chi connectivity index (χ2v) is 18.3. The minimum absolute atomic E-state index is 0. The molecule has 0 unspecified atom stereocenters. The molecule has 0 atom stereocenters. The number of fused-ring (bicyclic) bond motifs is 2. The second kappa shape index (κ2) is 22.8. The van der Waals surface area contributed by atoms with Gasteiger partial charge in [0.15, 0.2) is 12.5 Å². The van der Waals surface area contributed by atoms with Gasteiger partial charge in [0.2, 0.25) is 0 Å². The number of methoxy groups -OCH3 is 3. The third-order valence-corrected chi connectivity index (χ3v) is 12.6. The maximum atomic E-state index is 12.5. The van der Waals surface area contributed by atoms with Crippen LogP contribution in [-0.2, 0) is 46.7 Å². The molecule has 0 fully saturated rings. The van der Waals surface area contributed by atoms with Gasteiger partial charge in [0, 0.05) is 58.1 Å². The normalized spacial score (nSPS) is 12.0. The van der Waals surface area contributed by atoms with Crippen LogP contribution in [0.4, 0.5) is 45.5 Å². The van der Waals surface area contributed by atoms with Gasteiger partial charge in [0.1, 0.15) is 89.4 Å². The monoisotopic (exact) mass is 1120 g/mol. The van der Waals surface area contributed by atoms with E-state index in [1.807, 2.05) is 0 Å². The molecule has 1 aromatic heterocycles. The number of phenols is 2. The number of phenolic OH excluding ortho intramolecular Hbond substituents is 2. The summed E-state index contributed by atoms with van der Waals surface area (Å²) < 4.78 is 95.8. The SMILES string of the molecule is COc1cc(N=Nc2c(SOOO)cc3cc(NCOc4ccc(N)cc4)ccc3c2O)c(O)cc1N=Nc1cc(OC)c(N=Nc2cc3nn(-c4ccccc4S(=O)(=O)O)nc3cc2S(=O)(=O)O)cc1OC.[Cu]. The molecular weight excluding hydrogens is 1080 g/mol. The summed E-state index contributed by atoms with van der Waals surface area (Å²) in [6.07, 6.45) is 0. The van der Waals surface area contributed by atoms with Crippen LogP contribution in [0.5, 0.6) is 34.5 Å². The van der Waals surface area contributed by atoms with Crippen molar-refractivity contribution in [3.63, 3.8) is 0 Å². The molecule has 7 aromatic carbocycles. The number of para-hydroxylation sites is 1. The van der Waals surface area contributed by atoms with Gasteiger partial charge in [-0.05, 0) is 78.2 Å². The largest absolute Gasteiger partial charge is 0.506 e. The molecule has 0 aliphatic rings. The van der Waals surface area contributed by atoms with E-state index in [0.29, 0.717) is 39.9 Å². The van der Waals surface area contributed by atoms with Crippen LogP contribution in [0.15, 0.2) is 155 Å². The van der Waals surface area contributed by atoms with Gasteiger partial charge in [-0.25, -0.2) is 5.26 Å². The summed E-state index contributed by atoms with van der Waals surface area (Å²) in [7, 11) is -5.73. The Balaban J connectivity index is 0.00000800. The first-order chi connectivity index (χ1) is 35.0. The molecule has 0 aliphatic heterocycles. The van der Waals surface area contributed by atoms with Crippen molar-refractivity contribution in [3.8, 4) is 40.2 Å². The van der Waals surface area contributed by atoms with Crippen LogP contribution in [0.3, 0.4) is 0 Å². The van der Waals surface area contributed by atoms with E-state index in [1.54, 1.807) is 48.5 Å². The molecule has 8 N–H and O–H groups in total. The van der Waals surface area contributed by atoms with Crippen LogP contribution < -0.4 is 30.0 Å². The molecule has 1 heterocycles. The third-order valence-electron chi connectivity index (χ3n) is 10.2. The fraction of sp³-hybridized carbons (Fsp3) is 0.0909. The summed E-state index contributed by atoms with van der Waals surface area (Å²) in [4.78, 5) is -0.230. The van der Waals surface area contributed by atoms with Crippen molar-refractivity contribution in [2.24, 2.45) is 30.7 Å². The number of nitrogens with one attached hydrogen (secondary N) is 1. The van der Waals surface area contributed by atoms with Crippen LogP contribution in [0.2, 0.25) is 0 Å². The molecule has 74 heavy (non-hydrogen) atoms. The Morgan fingerprint density at radius 3 is 1.84 bits per heavy atom. The second-order valence-electron chi connectivity index (χ2n) is 14.8. The molecular formula is C44H37CuN11O15S3. The van der Waals surface area contributed by atoms with E-state index in [4.69, 9.17) is 29.9 Å². The van der Waals surface area contributed by atoms with Gasteiger partial charge in [-0.2, -0.15) is 16.8 Å². The Morgan fingerprint density at radius 2 is 1.23 bits per heavy atom. The van der Waals surface area contributed by atoms with Crippen LogP contribution in [0, 0.1) is 0 Å². The van der Waals surface area contributed by atoms with Crippen molar-refractivity contribution in [2.75, 3.05) is 39.1 Å². The van der Waals surface area contributed by atoms with Gasteiger partial charge < -0.3 is 40.2 Å². The molecule has 26 nitrogen and oxygen atoms in total. The number of hydrogen-bond acceptors (Lipinski definition) is 24. The number of aromatic nitrogens is 3. The Kier molecular flexibility index (Phi) is 16.6. The van der Waals surface area contributed by atoms with Crippen molar-refractivity contribution in [2.45, 2.75) is 14.7 Å². The van der Waals surface area contributed by atoms with Gasteiger partial charge >= 0.3 is 0 Å². The Labute approximate surface area is 433 Å². The van der Waals surface area contributed by atoms with Gasteiger partial charge in [-0.15, -0.1) is 50.0 Å². The minimum atomic E-state index is -4.96. The topological polar surface area (TPSA) is 368 Å². The zero-order chi connectivity index (χ0) is 52.0. The molecule has 8 rings (SSSR count). The molecule has 30 heteroatoms.